The van der Waals surface area contributed by atoms with Crippen LogP contribution in [-0.4, -0.2) is 30.1 Å². The monoisotopic (exact) mass is 275 g/mol. The second kappa shape index (κ2) is 5.77. The molecule has 0 unspecified atom stereocenters. The van der Waals surface area contributed by atoms with Gasteiger partial charge in [0.25, 0.3) is 0 Å². The van der Waals surface area contributed by atoms with Gasteiger partial charge in [0.1, 0.15) is 5.69 Å². The van der Waals surface area contributed by atoms with Crippen molar-refractivity contribution in [2.24, 2.45) is 0 Å². The Morgan fingerprint density at radius 3 is 2.55 bits per heavy atom. The number of esters is 2. The molecular weight excluding hydrogens is 258 g/mol. The zero-order valence-corrected chi connectivity index (χ0v) is 11.8. The van der Waals surface area contributed by atoms with E-state index in [-0.39, 0.29) is 0 Å². The number of nitrogens with zero attached hydrogens (tertiary/aromatic N) is 1. The summed E-state index contributed by atoms with van der Waals surface area (Å²) in [6, 6.07) is 5.41. The number of hydrogen-bond acceptors (Lipinski definition) is 4. The molecule has 2 heterocycles. The third-order valence-electron chi connectivity index (χ3n) is 3.16. The van der Waals surface area contributed by atoms with Crippen LogP contribution in [0.1, 0.15) is 40.3 Å². The molecule has 106 valence electrons. The third-order valence-corrected chi connectivity index (χ3v) is 3.16. The van der Waals surface area contributed by atoms with E-state index in [0.29, 0.717) is 35.4 Å². The van der Waals surface area contributed by atoms with Gasteiger partial charge in [0, 0.05) is 6.20 Å². The number of carbonyl (C=O) groups is 2. The average Bonchev–Trinajstić information content (AvgIpc) is 2.80. The van der Waals surface area contributed by atoms with E-state index < -0.39 is 11.9 Å². The summed E-state index contributed by atoms with van der Waals surface area (Å²) < 4.78 is 11.6. The standard InChI is InChI=1S/C15H17NO4/c1-4-10-12(14(17)20-5-2)11-8-6-7-9-16(11)13(10)15(18)19-3/h6-9H,4-5H2,1-3H3. The van der Waals surface area contributed by atoms with Crippen molar-refractivity contribution in [3.05, 3.63) is 41.2 Å². The predicted octanol–water partition coefficient (Wildman–Crippen LogP) is 2.47. The van der Waals surface area contributed by atoms with Gasteiger partial charge in [-0.2, -0.15) is 0 Å². The van der Waals surface area contributed by atoms with Crippen LogP contribution in [0.3, 0.4) is 0 Å². The van der Waals surface area contributed by atoms with Crippen molar-refractivity contribution in [3.8, 4) is 0 Å². The normalized spacial score (nSPS) is 10.6. The van der Waals surface area contributed by atoms with Gasteiger partial charge in [-0.25, -0.2) is 9.59 Å². The third kappa shape index (κ3) is 2.15. The van der Waals surface area contributed by atoms with E-state index in [2.05, 4.69) is 0 Å². The summed E-state index contributed by atoms with van der Waals surface area (Å²) in [5, 5.41) is 0. The minimum absolute atomic E-state index is 0.291. The van der Waals surface area contributed by atoms with Crippen molar-refractivity contribution >= 4 is 17.5 Å². The summed E-state index contributed by atoms with van der Waals surface area (Å²) in [7, 11) is 1.33. The maximum atomic E-state index is 12.2. The molecule has 0 saturated heterocycles. The van der Waals surface area contributed by atoms with Gasteiger partial charge in [0.15, 0.2) is 0 Å². The van der Waals surface area contributed by atoms with E-state index in [0.717, 1.165) is 0 Å². The molecule has 0 fully saturated rings. The number of methoxy groups -OCH3 is 1. The van der Waals surface area contributed by atoms with Crippen LogP contribution in [0, 0.1) is 0 Å². The fourth-order valence-corrected chi connectivity index (χ4v) is 2.35. The van der Waals surface area contributed by atoms with Crippen LogP contribution in [0.5, 0.6) is 0 Å². The Labute approximate surface area is 117 Å². The van der Waals surface area contributed by atoms with Crippen molar-refractivity contribution in [3.63, 3.8) is 0 Å². The molecule has 0 aliphatic heterocycles. The lowest BCUT2D eigenvalue weighted by Crippen LogP contribution is -2.10. The molecule has 2 rings (SSSR count). The highest BCUT2D eigenvalue weighted by Crippen LogP contribution is 2.26. The van der Waals surface area contributed by atoms with E-state index in [1.54, 1.807) is 29.7 Å². The van der Waals surface area contributed by atoms with Crippen LogP contribution in [0.4, 0.5) is 0 Å². The van der Waals surface area contributed by atoms with Gasteiger partial charge in [-0.05, 0) is 31.0 Å². The van der Waals surface area contributed by atoms with Crippen LogP contribution in [0.15, 0.2) is 24.4 Å². The number of pyridine rings is 1. The maximum absolute atomic E-state index is 12.2. The van der Waals surface area contributed by atoms with Crippen LogP contribution >= 0.6 is 0 Å². The lowest BCUT2D eigenvalue weighted by Gasteiger charge is -2.04. The lowest BCUT2D eigenvalue weighted by atomic mass is 10.1. The van der Waals surface area contributed by atoms with Crippen molar-refractivity contribution in [2.45, 2.75) is 20.3 Å². The molecule has 0 spiro atoms. The number of hydrogen-bond donors (Lipinski definition) is 0. The summed E-state index contributed by atoms with van der Waals surface area (Å²) in [6.45, 7) is 3.94. The quantitative estimate of drug-likeness (QED) is 0.804. The molecule has 0 radical (unpaired) electrons. The van der Waals surface area contributed by atoms with E-state index in [1.165, 1.54) is 7.11 Å². The second-order valence-corrected chi connectivity index (χ2v) is 4.22. The molecule has 0 saturated carbocycles. The highest BCUT2D eigenvalue weighted by molar-refractivity contribution is 6.04. The van der Waals surface area contributed by atoms with E-state index in [1.807, 2.05) is 13.0 Å². The average molecular weight is 275 g/mol. The molecule has 0 N–H and O–H groups in total. The van der Waals surface area contributed by atoms with Crippen LogP contribution in [0.25, 0.3) is 5.52 Å². The molecule has 0 aromatic carbocycles. The number of rotatable bonds is 4. The smallest absolute Gasteiger partial charge is 0.355 e. The first-order chi connectivity index (χ1) is 9.65. The van der Waals surface area contributed by atoms with Gasteiger partial charge < -0.3 is 13.9 Å². The van der Waals surface area contributed by atoms with Gasteiger partial charge in [0.05, 0.1) is 24.8 Å². The maximum Gasteiger partial charge on any atom is 0.355 e. The SMILES string of the molecule is CCOC(=O)c1c(CC)c(C(=O)OC)n2ccccc12. The molecular formula is C15H17NO4. The van der Waals surface area contributed by atoms with Gasteiger partial charge in [0.2, 0.25) is 0 Å². The van der Waals surface area contributed by atoms with Crippen molar-refractivity contribution < 1.29 is 19.1 Å². The fraction of sp³-hybridized carbons (Fsp3) is 0.333. The van der Waals surface area contributed by atoms with E-state index in [9.17, 15) is 9.59 Å². The van der Waals surface area contributed by atoms with E-state index >= 15 is 0 Å². The van der Waals surface area contributed by atoms with Gasteiger partial charge >= 0.3 is 11.9 Å². The molecule has 0 bridgehead atoms. The highest BCUT2D eigenvalue weighted by Gasteiger charge is 2.26. The highest BCUT2D eigenvalue weighted by atomic mass is 16.5. The Morgan fingerprint density at radius 1 is 1.20 bits per heavy atom. The molecule has 2 aromatic heterocycles. The second-order valence-electron chi connectivity index (χ2n) is 4.22. The zero-order valence-electron chi connectivity index (χ0n) is 11.8. The molecule has 5 heteroatoms. The Bertz CT molecular complexity index is 657. The summed E-state index contributed by atoms with van der Waals surface area (Å²) >= 11 is 0. The van der Waals surface area contributed by atoms with Crippen LogP contribution in [-0.2, 0) is 15.9 Å². The van der Waals surface area contributed by atoms with Crippen LogP contribution in [0.2, 0.25) is 0 Å². The molecule has 0 aliphatic rings. The van der Waals surface area contributed by atoms with E-state index in [4.69, 9.17) is 9.47 Å². The Hall–Kier alpha value is -2.30. The number of carbonyl (C=O) groups excluding carboxylic acids is 2. The number of fused-ring (bicyclic) bond motifs is 1. The van der Waals surface area contributed by atoms with Crippen molar-refractivity contribution in [2.75, 3.05) is 13.7 Å². The molecule has 0 atom stereocenters. The summed E-state index contributed by atoms with van der Waals surface area (Å²) in [5.74, 6) is -0.873. The van der Waals surface area contributed by atoms with Crippen molar-refractivity contribution in [1.82, 2.24) is 4.40 Å². The van der Waals surface area contributed by atoms with Gasteiger partial charge in [-0.3, -0.25) is 0 Å². The predicted molar refractivity (Wildman–Crippen MR) is 74.1 cm³/mol. The van der Waals surface area contributed by atoms with Gasteiger partial charge in [-0.1, -0.05) is 13.0 Å². The largest absolute Gasteiger partial charge is 0.464 e. The minimum atomic E-state index is -0.460. The van der Waals surface area contributed by atoms with Crippen molar-refractivity contribution in [1.29, 1.82) is 0 Å². The zero-order chi connectivity index (χ0) is 14.7. The summed E-state index contributed by atoms with van der Waals surface area (Å²) in [5.41, 5.74) is 2.13. The first kappa shape index (κ1) is 14.1. The number of ether oxygens (including phenoxy) is 2. The molecule has 0 amide bonds. The topological polar surface area (TPSA) is 57.0 Å². The Morgan fingerprint density at radius 2 is 1.95 bits per heavy atom. The minimum Gasteiger partial charge on any atom is -0.464 e. The first-order valence-electron chi connectivity index (χ1n) is 6.53. The Kier molecular flexibility index (Phi) is 4.08. The fourth-order valence-electron chi connectivity index (χ4n) is 2.35. The summed E-state index contributed by atoms with van der Waals surface area (Å²) in [6.07, 6.45) is 2.28. The summed E-state index contributed by atoms with van der Waals surface area (Å²) in [4.78, 5) is 24.2. The van der Waals surface area contributed by atoms with Gasteiger partial charge in [-0.15, -0.1) is 0 Å². The molecule has 2 aromatic rings. The van der Waals surface area contributed by atoms with Crippen LogP contribution < -0.4 is 0 Å². The first-order valence-corrected chi connectivity index (χ1v) is 6.53. The Balaban J connectivity index is 2.79. The molecule has 20 heavy (non-hydrogen) atoms. The molecule has 0 aliphatic carbocycles. The molecule has 5 nitrogen and oxygen atoms in total. The number of aromatic nitrogens is 1. The lowest BCUT2D eigenvalue weighted by molar-refractivity contribution is 0.0527.